The zero-order valence-corrected chi connectivity index (χ0v) is 17.2. The Morgan fingerprint density at radius 3 is 2.47 bits per heavy atom. The van der Waals surface area contributed by atoms with Crippen molar-refractivity contribution < 1.29 is 8.78 Å². The molecule has 32 heavy (non-hydrogen) atoms. The first-order valence-electron chi connectivity index (χ1n) is 10.4. The van der Waals surface area contributed by atoms with Gasteiger partial charge in [0.05, 0.1) is 17.6 Å². The van der Waals surface area contributed by atoms with Gasteiger partial charge in [-0.05, 0) is 18.2 Å². The van der Waals surface area contributed by atoms with Crippen molar-refractivity contribution >= 4 is 28.4 Å². The summed E-state index contributed by atoms with van der Waals surface area (Å²) < 4.78 is 26.8. The Kier molecular flexibility index (Phi) is 5.55. The van der Waals surface area contributed by atoms with E-state index >= 15 is 0 Å². The van der Waals surface area contributed by atoms with Gasteiger partial charge in [-0.2, -0.15) is 0 Å². The van der Waals surface area contributed by atoms with Crippen LogP contribution < -0.4 is 15.5 Å². The minimum Gasteiger partial charge on any atom is -0.368 e. The normalized spacial score (nSPS) is 14.2. The highest BCUT2D eigenvalue weighted by molar-refractivity contribution is 5.92. The Labute approximate surface area is 183 Å². The minimum atomic E-state index is -2.68. The van der Waals surface area contributed by atoms with Crippen LogP contribution in [0.4, 0.5) is 26.2 Å². The van der Waals surface area contributed by atoms with Gasteiger partial charge in [0.25, 0.3) is 6.43 Å². The number of fused-ring (bicyclic) bond motifs is 1. The van der Waals surface area contributed by atoms with Crippen LogP contribution in [0.5, 0.6) is 0 Å². The van der Waals surface area contributed by atoms with Crippen LogP contribution in [-0.4, -0.2) is 46.1 Å². The Morgan fingerprint density at radius 2 is 1.75 bits per heavy atom. The molecule has 5 rings (SSSR count). The zero-order valence-electron chi connectivity index (χ0n) is 17.2. The van der Waals surface area contributed by atoms with Crippen LogP contribution >= 0.6 is 0 Å². The fourth-order valence-corrected chi connectivity index (χ4v) is 3.71. The van der Waals surface area contributed by atoms with Crippen molar-refractivity contribution in [2.75, 3.05) is 36.4 Å². The van der Waals surface area contributed by atoms with Gasteiger partial charge in [-0.15, -0.1) is 0 Å². The first kappa shape index (κ1) is 20.2. The van der Waals surface area contributed by atoms with Gasteiger partial charge in [0.15, 0.2) is 0 Å². The van der Waals surface area contributed by atoms with Gasteiger partial charge in [-0.3, -0.25) is 0 Å². The predicted molar refractivity (Wildman–Crippen MR) is 120 cm³/mol. The van der Waals surface area contributed by atoms with Crippen LogP contribution in [0.3, 0.4) is 0 Å². The number of piperazine rings is 1. The minimum absolute atomic E-state index is 0.300. The maximum absolute atomic E-state index is 13.4. The molecule has 1 aromatic carbocycles. The van der Waals surface area contributed by atoms with Crippen LogP contribution in [0.25, 0.3) is 22.2 Å². The molecule has 1 saturated heterocycles. The molecule has 0 aliphatic carbocycles. The van der Waals surface area contributed by atoms with Gasteiger partial charge in [0.2, 0.25) is 5.95 Å². The smallest absolute Gasteiger partial charge is 0.280 e. The molecule has 0 amide bonds. The first-order chi connectivity index (χ1) is 15.7. The van der Waals surface area contributed by atoms with Crippen molar-refractivity contribution in [3.8, 4) is 11.3 Å². The number of anilines is 3. The Morgan fingerprint density at radius 1 is 0.938 bits per heavy atom. The standard InChI is InChI=1S/C23H21F2N7/c24-22(25)18-12-16-13-28-23(31-21(16)20(29-18)15-4-2-1-3-5-15)30-19-7-6-17(14-27-19)32-10-8-26-9-11-32/h1-7,12-14,22,26H,8-11H2,(H,27,28,30,31). The van der Waals surface area contributed by atoms with E-state index in [9.17, 15) is 8.78 Å². The van der Waals surface area contributed by atoms with Crippen molar-refractivity contribution in [1.82, 2.24) is 25.3 Å². The van der Waals surface area contributed by atoms with Gasteiger partial charge in [-0.25, -0.2) is 28.7 Å². The fraction of sp³-hybridized carbons (Fsp3) is 0.217. The molecule has 2 N–H and O–H groups in total. The fourth-order valence-electron chi connectivity index (χ4n) is 3.71. The van der Waals surface area contributed by atoms with E-state index in [2.05, 4.69) is 35.5 Å². The van der Waals surface area contributed by atoms with Gasteiger partial charge in [0.1, 0.15) is 17.0 Å². The van der Waals surface area contributed by atoms with Crippen LogP contribution in [0.1, 0.15) is 12.1 Å². The molecule has 4 aromatic rings. The average molecular weight is 433 g/mol. The highest BCUT2D eigenvalue weighted by Gasteiger charge is 2.17. The van der Waals surface area contributed by atoms with Crippen molar-refractivity contribution in [2.45, 2.75) is 6.43 Å². The van der Waals surface area contributed by atoms with Gasteiger partial charge in [0, 0.05) is 43.3 Å². The summed E-state index contributed by atoms with van der Waals surface area (Å²) in [4.78, 5) is 19.8. The third kappa shape index (κ3) is 4.19. The molecule has 1 fully saturated rings. The van der Waals surface area contributed by atoms with Crippen LogP contribution in [-0.2, 0) is 0 Å². The number of hydrogen-bond acceptors (Lipinski definition) is 7. The topological polar surface area (TPSA) is 78.9 Å². The number of nitrogens with zero attached hydrogens (tertiary/aromatic N) is 5. The van der Waals surface area contributed by atoms with E-state index in [1.807, 2.05) is 48.7 Å². The number of rotatable bonds is 5. The number of nitrogens with one attached hydrogen (secondary N) is 2. The van der Waals surface area contributed by atoms with E-state index in [0.29, 0.717) is 33.9 Å². The molecule has 0 bridgehead atoms. The molecule has 3 aromatic heterocycles. The van der Waals surface area contributed by atoms with E-state index < -0.39 is 6.43 Å². The van der Waals surface area contributed by atoms with E-state index in [1.54, 1.807) is 0 Å². The zero-order chi connectivity index (χ0) is 21.9. The third-order valence-electron chi connectivity index (χ3n) is 5.33. The lowest BCUT2D eigenvalue weighted by Crippen LogP contribution is -2.43. The maximum Gasteiger partial charge on any atom is 0.280 e. The number of alkyl halides is 2. The number of benzene rings is 1. The molecule has 7 nitrogen and oxygen atoms in total. The molecule has 0 radical (unpaired) electrons. The SMILES string of the molecule is FC(F)c1cc2cnc(Nc3ccc(N4CCNCC4)cn3)nc2c(-c2ccccc2)n1. The lowest BCUT2D eigenvalue weighted by Gasteiger charge is -2.29. The molecular formula is C23H21F2N7. The van der Waals surface area contributed by atoms with Crippen molar-refractivity contribution in [3.05, 3.63) is 66.6 Å². The Balaban J connectivity index is 1.47. The Hall–Kier alpha value is -3.72. The third-order valence-corrected chi connectivity index (χ3v) is 5.33. The van der Waals surface area contributed by atoms with Crippen molar-refractivity contribution in [3.63, 3.8) is 0 Å². The van der Waals surface area contributed by atoms with Crippen LogP contribution in [0, 0.1) is 0 Å². The van der Waals surface area contributed by atoms with Crippen molar-refractivity contribution in [2.24, 2.45) is 0 Å². The molecule has 162 valence electrons. The largest absolute Gasteiger partial charge is 0.368 e. The molecule has 9 heteroatoms. The quantitative estimate of drug-likeness (QED) is 0.489. The average Bonchev–Trinajstić information content (AvgIpc) is 2.85. The number of aromatic nitrogens is 4. The molecule has 0 spiro atoms. The molecule has 0 saturated carbocycles. The number of pyridine rings is 2. The molecule has 1 aliphatic heterocycles. The molecule has 0 unspecified atom stereocenters. The van der Waals surface area contributed by atoms with E-state index in [0.717, 1.165) is 31.9 Å². The van der Waals surface area contributed by atoms with Crippen LogP contribution in [0.2, 0.25) is 0 Å². The predicted octanol–water partition coefficient (Wildman–Crippen LogP) is 4.18. The number of hydrogen-bond donors (Lipinski definition) is 2. The van der Waals surface area contributed by atoms with Gasteiger partial charge >= 0.3 is 0 Å². The summed E-state index contributed by atoms with van der Waals surface area (Å²) in [6.45, 7) is 3.79. The van der Waals surface area contributed by atoms with Gasteiger partial charge < -0.3 is 15.5 Å². The lowest BCUT2D eigenvalue weighted by atomic mass is 10.1. The van der Waals surface area contributed by atoms with E-state index in [-0.39, 0.29) is 5.69 Å². The second kappa shape index (κ2) is 8.80. The second-order valence-electron chi connectivity index (χ2n) is 7.46. The monoisotopic (exact) mass is 433 g/mol. The Bertz CT molecular complexity index is 1210. The molecule has 0 atom stereocenters. The van der Waals surface area contributed by atoms with E-state index in [1.165, 1.54) is 12.3 Å². The molecular weight excluding hydrogens is 412 g/mol. The maximum atomic E-state index is 13.4. The van der Waals surface area contributed by atoms with Gasteiger partial charge in [-0.1, -0.05) is 30.3 Å². The molecule has 1 aliphatic rings. The van der Waals surface area contributed by atoms with E-state index in [4.69, 9.17) is 0 Å². The summed E-state index contributed by atoms with van der Waals surface area (Å²) in [5, 5.41) is 6.94. The highest BCUT2D eigenvalue weighted by Crippen LogP contribution is 2.30. The number of halogens is 2. The summed E-state index contributed by atoms with van der Waals surface area (Å²) in [5.74, 6) is 0.922. The summed E-state index contributed by atoms with van der Waals surface area (Å²) in [5.41, 5.74) is 2.36. The summed E-state index contributed by atoms with van der Waals surface area (Å²) >= 11 is 0. The molecule has 4 heterocycles. The first-order valence-corrected chi connectivity index (χ1v) is 10.4. The summed E-state index contributed by atoms with van der Waals surface area (Å²) in [6, 6.07) is 14.4. The summed E-state index contributed by atoms with van der Waals surface area (Å²) in [7, 11) is 0. The summed E-state index contributed by atoms with van der Waals surface area (Å²) in [6.07, 6.45) is 0.665. The van der Waals surface area contributed by atoms with Crippen LogP contribution in [0.15, 0.2) is 60.9 Å². The van der Waals surface area contributed by atoms with Crippen molar-refractivity contribution in [1.29, 1.82) is 0 Å². The lowest BCUT2D eigenvalue weighted by molar-refractivity contribution is 0.146. The second-order valence-corrected chi connectivity index (χ2v) is 7.46. The highest BCUT2D eigenvalue weighted by atomic mass is 19.3.